The van der Waals surface area contributed by atoms with E-state index in [1.54, 1.807) is 0 Å². The zero-order valence-corrected chi connectivity index (χ0v) is 22.8. The number of hydrogen-bond acceptors (Lipinski definition) is 2. The Morgan fingerprint density at radius 2 is 1.22 bits per heavy atom. The molecule has 0 aliphatic heterocycles. The number of hydrogen-bond donors (Lipinski definition) is 0. The van der Waals surface area contributed by atoms with Gasteiger partial charge in [-0.05, 0) is 53.1 Å². The lowest BCUT2D eigenvalue weighted by atomic mass is 9.94. The largest absolute Gasteiger partial charge is 0.324 e. The Hall–Kier alpha value is -5.28. The fraction of sp³-hybridized carbons (Fsp3) is 0.0526. The highest BCUT2D eigenvalue weighted by molar-refractivity contribution is 6.22. The van der Waals surface area contributed by atoms with Crippen molar-refractivity contribution in [3.05, 3.63) is 133 Å². The highest BCUT2D eigenvalue weighted by Gasteiger charge is 2.14. The molecule has 0 saturated heterocycles. The maximum Gasteiger partial charge on any atom is 0.141 e. The van der Waals surface area contributed by atoms with Gasteiger partial charge in [0.2, 0.25) is 0 Å². The van der Waals surface area contributed by atoms with Gasteiger partial charge >= 0.3 is 0 Å². The minimum atomic E-state index is 0.877. The molecule has 0 saturated carbocycles. The lowest BCUT2D eigenvalue weighted by Gasteiger charge is -2.13. The second kappa shape index (κ2) is 9.42. The molecule has 0 bridgehead atoms. The molecule has 194 valence electrons. The molecule has 0 amide bonds. The van der Waals surface area contributed by atoms with Crippen molar-refractivity contribution in [2.75, 3.05) is 0 Å². The zero-order valence-electron chi connectivity index (χ0n) is 22.8. The standard InChI is InChI=1S/C38H27N3/c1-2-41-35-17-8-7-16-34(35)40-38(41)27-20-18-25(19-21-27)28-11-9-12-29(24-28)37-32-23-22-26-10-3-4-13-30(26)36(32)31-14-5-6-15-33(31)39-37/h3-24H,2H2,1H3. The number of pyridine rings is 1. The predicted molar refractivity (Wildman–Crippen MR) is 172 cm³/mol. The van der Waals surface area contributed by atoms with E-state index in [1.165, 1.54) is 43.6 Å². The summed E-state index contributed by atoms with van der Waals surface area (Å²) in [7, 11) is 0. The number of para-hydroxylation sites is 3. The molecule has 0 radical (unpaired) electrons. The molecule has 41 heavy (non-hydrogen) atoms. The second-order valence-electron chi connectivity index (χ2n) is 10.5. The van der Waals surface area contributed by atoms with Crippen LogP contribution in [0.4, 0.5) is 0 Å². The van der Waals surface area contributed by atoms with E-state index in [2.05, 4.69) is 139 Å². The summed E-state index contributed by atoms with van der Waals surface area (Å²) in [5, 5.41) is 6.13. The van der Waals surface area contributed by atoms with Crippen LogP contribution in [0, 0.1) is 0 Å². The van der Waals surface area contributed by atoms with Crippen LogP contribution in [0.15, 0.2) is 133 Å². The molecule has 0 N–H and O–H groups in total. The summed E-state index contributed by atoms with van der Waals surface area (Å²) >= 11 is 0. The molecule has 0 unspecified atom stereocenters. The Kier molecular flexibility index (Phi) is 5.42. The lowest BCUT2D eigenvalue weighted by molar-refractivity contribution is 0.796. The molecule has 0 aliphatic carbocycles. The van der Waals surface area contributed by atoms with E-state index in [4.69, 9.17) is 9.97 Å². The Bertz CT molecular complexity index is 2220. The first-order valence-corrected chi connectivity index (χ1v) is 14.2. The zero-order chi connectivity index (χ0) is 27.3. The minimum absolute atomic E-state index is 0.877. The van der Waals surface area contributed by atoms with E-state index in [0.29, 0.717) is 0 Å². The second-order valence-corrected chi connectivity index (χ2v) is 10.5. The molecule has 0 spiro atoms. The van der Waals surface area contributed by atoms with Gasteiger partial charge in [-0.1, -0.05) is 109 Å². The predicted octanol–water partition coefficient (Wildman–Crippen LogP) is 9.91. The van der Waals surface area contributed by atoms with Crippen LogP contribution in [0.2, 0.25) is 0 Å². The molecule has 8 aromatic rings. The fourth-order valence-corrected chi connectivity index (χ4v) is 6.22. The first-order chi connectivity index (χ1) is 20.3. The molecule has 3 nitrogen and oxygen atoms in total. The van der Waals surface area contributed by atoms with Gasteiger partial charge in [0, 0.05) is 33.8 Å². The van der Waals surface area contributed by atoms with E-state index in [-0.39, 0.29) is 0 Å². The van der Waals surface area contributed by atoms with Gasteiger partial charge in [-0.15, -0.1) is 0 Å². The number of imidazole rings is 1. The minimum Gasteiger partial charge on any atom is -0.324 e. The van der Waals surface area contributed by atoms with Crippen molar-refractivity contribution in [3.8, 4) is 33.8 Å². The fourth-order valence-electron chi connectivity index (χ4n) is 6.22. The quantitative estimate of drug-likeness (QED) is 0.214. The summed E-state index contributed by atoms with van der Waals surface area (Å²) in [5.41, 5.74) is 8.81. The van der Waals surface area contributed by atoms with Crippen molar-refractivity contribution in [2.45, 2.75) is 13.5 Å². The smallest absolute Gasteiger partial charge is 0.141 e. The van der Waals surface area contributed by atoms with Crippen molar-refractivity contribution in [1.29, 1.82) is 0 Å². The SMILES string of the molecule is CCn1c(-c2ccc(-c3cccc(-c4nc5ccccc5c5c4ccc4ccccc45)c3)cc2)nc2ccccc21. The Morgan fingerprint density at radius 1 is 0.512 bits per heavy atom. The summed E-state index contributed by atoms with van der Waals surface area (Å²) in [6.45, 7) is 3.05. The third-order valence-electron chi connectivity index (χ3n) is 8.17. The van der Waals surface area contributed by atoms with Gasteiger partial charge in [-0.25, -0.2) is 9.97 Å². The van der Waals surface area contributed by atoms with Gasteiger partial charge in [-0.3, -0.25) is 0 Å². The van der Waals surface area contributed by atoms with E-state index in [0.717, 1.165) is 40.2 Å². The van der Waals surface area contributed by atoms with E-state index < -0.39 is 0 Å². The van der Waals surface area contributed by atoms with Crippen LogP contribution in [0.5, 0.6) is 0 Å². The first kappa shape index (κ1) is 23.6. The third kappa shape index (κ3) is 3.81. The molecular formula is C38H27N3. The van der Waals surface area contributed by atoms with Crippen molar-refractivity contribution in [3.63, 3.8) is 0 Å². The number of rotatable bonds is 4. The van der Waals surface area contributed by atoms with Gasteiger partial charge < -0.3 is 4.57 Å². The van der Waals surface area contributed by atoms with Crippen LogP contribution in [0.25, 0.3) is 77.3 Å². The Morgan fingerprint density at radius 3 is 2.07 bits per heavy atom. The number of fused-ring (bicyclic) bond motifs is 6. The topological polar surface area (TPSA) is 30.7 Å². The van der Waals surface area contributed by atoms with Crippen LogP contribution in [0.1, 0.15) is 6.92 Å². The van der Waals surface area contributed by atoms with E-state index in [9.17, 15) is 0 Å². The molecule has 8 rings (SSSR count). The third-order valence-corrected chi connectivity index (χ3v) is 8.17. The maximum absolute atomic E-state index is 5.20. The molecule has 0 aliphatic rings. The molecule has 3 heteroatoms. The van der Waals surface area contributed by atoms with Gasteiger partial charge in [0.15, 0.2) is 0 Å². The maximum atomic E-state index is 5.20. The summed E-state index contributed by atoms with van der Waals surface area (Å²) in [6.07, 6.45) is 0. The van der Waals surface area contributed by atoms with Crippen molar-refractivity contribution in [2.24, 2.45) is 0 Å². The Labute approximate surface area is 238 Å². The van der Waals surface area contributed by atoms with E-state index in [1.807, 2.05) is 6.07 Å². The molecule has 6 aromatic carbocycles. The average Bonchev–Trinajstić information content (AvgIpc) is 3.43. The molecule has 2 heterocycles. The highest BCUT2D eigenvalue weighted by atomic mass is 15.1. The lowest BCUT2D eigenvalue weighted by Crippen LogP contribution is -1.97. The van der Waals surface area contributed by atoms with Gasteiger partial charge in [0.1, 0.15) is 5.82 Å². The molecule has 2 aromatic heterocycles. The summed E-state index contributed by atoms with van der Waals surface area (Å²) in [6, 6.07) is 47.4. The highest BCUT2D eigenvalue weighted by Crippen LogP contribution is 2.38. The summed E-state index contributed by atoms with van der Waals surface area (Å²) in [5.74, 6) is 1.01. The monoisotopic (exact) mass is 525 g/mol. The van der Waals surface area contributed by atoms with Gasteiger partial charge in [0.05, 0.1) is 22.2 Å². The van der Waals surface area contributed by atoms with E-state index >= 15 is 0 Å². The van der Waals surface area contributed by atoms with Crippen LogP contribution in [-0.2, 0) is 6.54 Å². The van der Waals surface area contributed by atoms with Crippen molar-refractivity contribution < 1.29 is 0 Å². The number of benzene rings is 6. The summed E-state index contributed by atoms with van der Waals surface area (Å²) in [4.78, 5) is 10.1. The molecular weight excluding hydrogens is 498 g/mol. The van der Waals surface area contributed by atoms with Crippen molar-refractivity contribution >= 4 is 43.5 Å². The van der Waals surface area contributed by atoms with Crippen LogP contribution in [0.3, 0.4) is 0 Å². The normalized spacial score (nSPS) is 11.6. The molecule has 0 fully saturated rings. The number of aromatic nitrogens is 3. The Balaban J connectivity index is 1.25. The summed E-state index contributed by atoms with van der Waals surface area (Å²) < 4.78 is 2.28. The number of aryl methyl sites for hydroxylation is 1. The van der Waals surface area contributed by atoms with Crippen molar-refractivity contribution in [1.82, 2.24) is 14.5 Å². The van der Waals surface area contributed by atoms with Crippen LogP contribution in [-0.4, -0.2) is 14.5 Å². The average molecular weight is 526 g/mol. The van der Waals surface area contributed by atoms with Gasteiger partial charge in [0.25, 0.3) is 0 Å². The van der Waals surface area contributed by atoms with Gasteiger partial charge in [-0.2, -0.15) is 0 Å². The van der Waals surface area contributed by atoms with Crippen LogP contribution >= 0.6 is 0 Å². The molecule has 0 atom stereocenters. The van der Waals surface area contributed by atoms with Crippen LogP contribution < -0.4 is 0 Å². The number of nitrogens with zero attached hydrogens (tertiary/aromatic N) is 3. The first-order valence-electron chi connectivity index (χ1n) is 14.2.